The highest BCUT2D eigenvalue weighted by Crippen LogP contribution is 2.34. The van der Waals surface area contributed by atoms with E-state index in [1.165, 1.54) is 6.07 Å². The number of hydrogen-bond acceptors (Lipinski definition) is 4. The summed E-state index contributed by atoms with van der Waals surface area (Å²) in [4.78, 5) is 30.9. The van der Waals surface area contributed by atoms with E-state index in [4.69, 9.17) is 4.42 Å². The van der Waals surface area contributed by atoms with Gasteiger partial charge in [-0.15, -0.1) is 0 Å². The number of carbonyl (C=O) groups is 1. The fourth-order valence-electron chi connectivity index (χ4n) is 3.72. The minimum atomic E-state index is -0.396. The highest BCUT2D eigenvalue weighted by molar-refractivity contribution is 6.28. The van der Waals surface area contributed by atoms with Crippen LogP contribution in [0.3, 0.4) is 0 Å². The molecule has 0 unspecified atom stereocenters. The molecule has 0 saturated heterocycles. The summed E-state index contributed by atoms with van der Waals surface area (Å²) in [5, 5.41) is 0.769. The van der Waals surface area contributed by atoms with E-state index in [2.05, 4.69) is 4.99 Å². The Morgan fingerprint density at radius 1 is 0.871 bits per heavy atom. The third-order valence-electron chi connectivity index (χ3n) is 5.19. The first-order valence-corrected chi connectivity index (χ1v) is 9.90. The molecule has 1 amide bonds. The number of benzene rings is 3. The van der Waals surface area contributed by atoms with E-state index in [0.29, 0.717) is 17.1 Å². The zero-order chi connectivity index (χ0) is 21.4. The van der Waals surface area contributed by atoms with Crippen LogP contribution in [0, 0.1) is 6.92 Å². The minimum absolute atomic E-state index is 0.304. The Morgan fingerprint density at radius 2 is 1.58 bits per heavy atom. The fraction of sp³-hybridized carbons (Fsp3) is 0.0385. The van der Waals surface area contributed by atoms with E-state index in [-0.39, 0.29) is 5.91 Å². The normalized spacial score (nSPS) is 15.0. The first kappa shape index (κ1) is 18.8. The van der Waals surface area contributed by atoms with Crippen LogP contribution in [0.15, 0.2) is 105 Å². The molecule has 0 saturated carbocycles. The highest BCUT2D eigenvalue weighted by atomic mass is 16.4. The van der Waals surface area contributed by atoms with Crippen LogP contribution < -0.4 is 10.5 Å². The number of aryl methyl sites for hydroxylation is 1. The SMILES string of the molecule is Cc1cc2oc(=O)ccc2cc1N1C(c2ccccc2)=NC(=O)/C1=C\c1ccccc1. The maximum atomic E-state index is 13.0. The number of fused-ring (bicyclic) bond motifs is 1. The Morgan fingerprint density at radius 3 is 2.32 bits per heavy atom. The number of aliphatic imine (C=N–C) groups is 1. The molecule has 0 radical (unpaired) electrons. The van der Waals surface area contributed by atoms with E-state index >= 15 is 0 Å². The molecule has 4 aromatic rings. The number of amidine groups is 1. The third kappa shape index (κ3) is 3.46. The minimum Gasteiger partial charge on any atom is -0.423 e. The number of nitrogens with zero attached hydrogens (tertiary/aromatic N) is 2. The lowest BCUT2D eigenvalue weighted by Crippen LogP contribution is -2.28. The number of anilines is 1. The maximum Gasteiger partial charge on any atom is 0.336 e. The molecular formula is C26H18N2O3. The molecular weight excluding hydrogens is 388 g/mol. The van der Waals surface area contributed by atoms with Crippen molar-refractivity contribution in [2.75, 3.05) is 4.90 Å². The van der Waals surface area contributed by atoms with Gasteiger partial charge < -0.3 is 4.42 Å². The van der Waals surface area contributed by atoms with Crippen molar-refractivity contribution in [2.45, 2.75) is 6.92 Å². The predicted octanol–water partition coefficient (Wildman–Crippen LogP) is 4.94. The summed E-state index contributed by atoms with van der Waals surface area (Å²) in [7, 11) is 0. The number of hydrogen-bond donors (Lipinski definition) is 0. The molecule has 0 fully saturated rings. The van der Waals surface area contributed by atoms with Gasteiger partial charge in [-0.25, -0.2) is 4.79 Å². The molecule has 5 nitrogen and oxygen atoms in total. The molecule has 0 N–H and O–H groups in total. The quantitative estimate of drug-likeness (QED) is 0.357. The molecule has 1 aromatic heterocycles. The van der Waals surface area contributed by atoms with Gasteiger partial charge in [-0.05, 0) is 42.3 Å². The molecule has 2 heterocycles. The summed E-state index contributed by atoms with van der Waals surface area (Å²) < 4.78 is 5.33. The number of amides is 1. The van der Waals surface area contributed by atoms with Gasteiger partial charge in [0.25, 0.3) is 5.91 Å². The van der Waals surface area contributed by atoms with Gasteiger partial charge in [-0.1, -0.05) is 60.7 Å². The zero-order valence-corrected chi connectivity index (χ0v) is 16.8. The molecule has 1 aliphatic heterocycles. The molecule has 5 heteroatoms. The number of rotatable bonds is 3. The van der Waals surface area contributed by atoms with Gasteiger partial charge in [0.15, 0.2) is 0 Å². The van der Waals surface area contributed by atoms with Crippen LogP contribution in [0.25, 0.3) is 17.0 Å². The number of carbonyl (C=O) groups excluding carboxylic acids is 1. The Bertz CT molecular complexity index is 1420. The summed E-state index contributed by atoms with van der Waals surface area (Å²) in [6, 6.07) is 26.2. The van der Waals surface area contributed by atoms with Crippen LogP contribution in [0.5, 0.6) is 0 Å². The van der Waals surface area contributed by atoms with Crippen molar-refractivity contribution in [1.82, 2.24) is 0 Å². The summed E-state index contributed by atoms with van der Waals surface area (Å²) >= 11 is 0. The highest BCUT2D eigenvalue weighted by Gasteiger charge is 2.32. The second kappa shape index (κ2) is 7.54. The van der Waals surface area contributed by atoms with Gasteiger partial charge in [0.1, 0.15) is 17.1 Å². The molecule has 5 rings (SSSR count). The van der Waals surface area contributed by atoms with Crippen LogP contribution in [0.1, 0.15) is 16.7 Å². The van der Waals surface area contributed by atoms with E-state index in [9.17, 15) is 9.59 Å². The van der Waals surface area contributed by atoms with Crippen molar-refractivity contribution in [3.05, 3.63) is 118 Å². The molecule has 0 atom stereocenters. The van der Waals surface area contributed by atoms with E-state index < -0.39 is 5.63 Å². The van der Waals surface area contributed by atoms with Crippen LogP contribution in [-0.4, -0.2) is 11.7 Å². The first-order valence-electron chi connectivity index (χ1n) is 9.90. The van der Waals surface area contributed by atoms with Crippen LogP contribution >= 0.6 is 0 Å². The van der Waals surface area contributed by atoms with Gasteiger partial charge in [-0.2, -0.15) is 4.99 Å². The predicted molar refractivity (Wildman–Crippen MR) is 122 cm³/mol. The smallest absolute Gasteiger partial charge is 0.336 e. The van der Waals surface area contributed by atoms with Gasteiger partial charge in [0, 0.05) is 17.0 Å². The molecule has 0 aliphatic carbocycles. The Balaban J connectivity index is 1.73. The largest absolute Gasteiger partial charge is 0.423 e. The molecule has 150 valence electrons. The van der Waals surface area contributed by atoms with Crippen LogP contribution in [-0.2, 0) is 4.79 Å². The van der Waals surface area contributed by atoms with Gasteiger partial charge in [0.2, 0.25) is 0 Å². The second-order valence-electron chi connectivity index (χ2n) is 7.31. The summed E-state index contributed by atoms with van der Waals surface area (Å²) in [6.45, 7) is 1.92. The monoisotopic (exact) mass is 406 g/mol. The summed E-state index contributed by atoms with van der Waals surface area (Å²) in [6.07, 6.45) is 1.84. The lowest BCUT2D eigenvalue weighted by molar-refractivity contribution is -0.113. The maximum absolute atomic E-state index is 13.0. The topological polar surface area (TPSA) is 62.9 Å². The molecule has 1 aliphatic rings. The summed E-state index contributed by atoms with van der Waals surface area (Å²) in [5.41, 5.74) is 3.98. The van der Waals surface area contributed by atoms with E-state index in [1.54, 1.807) is 6.07 Å². The van der Waals surface area contributed by atoms with E-state index in [1.807, 2.05) is 90.7 Å². The van der Waals surface area contributed by atoms with Crippen molar-refractivity contribution in [1.29, 1.82) is 0 Å². The average molecular weight is 406 g/mol. The Hall–Kier alpha value is -4.25. The second-order valence-corrected chi connectivity index (χ2v) is 7.31. The van der Waals surface area contributed by atoms with E-state index in [0.717, 1.165) is 27.8 Å². The summed E-state index contributed by atoms with van der Waals surface area (Å²) in [5.74, 6) is 0.259. The lowest BCUT2D eigenvalue weighted by Gasteiger charge is -2.24. The Labute approximate surface area is 178 Å². The Kier molecular flexibility index (Phi) is 4.56. The van der Waals surface area contributed by atoms with Crippen molar-refractivity contribution >= 4 is 34.5 Å². The van der Waals surface area contributed by atoms with Gasteiger partial charge in [-0.3, -0.25) is 9.69 Å². The van der Waals surface area contributed by atoms with Crippen molar-refractivity contribution < 1.29 is 9.21 Å². The average Bonchev–Trinajstić information content (AvgIpc) is 3.10. The van der Waals surface area contributed by atoms with Crippen LogP contribution in [0.2, 0.25) is 0 Å². The van der Waals surface area contributed by atoms with Gasteiger partial charge in [0.05, 0.1) is 5.69 Å². The molecule has 0 bridgehead atoms. The first-order chi connectivity index (χ1) is 15.1. The van der Waals surface area contributed by atoms with Crippen molar-refractivity contribution in [3.63, 3.8) is 0 Å². The zero-order valence-electron chi connectivity index (χ0n) is 16.8. The lowest BCUT2D eigenvalue weighted by atomic mass is 10.1. The van der Waals surface area contributed by atoms with Crippen molar-refractivity contribution in [3.8, 4) is 0 Å². The molecule has 31 heavy (non-hydrogen) atoms. The molecule has 3 aromatic carbocycles. The fourth-order valence-corrected chi connectivity index (χ4v) is 3.72. The third-order valence-corrected chi connectivity index (χ3v) is 5.19. The van der Waals surface area contributed by atoms with Crippen LogP contribution in [0.4, 0.5) is 5.69 Å². The van der Waals surface area contributed by atoms with Gasteiger partial charge >= 0.3 is 5.63 Å². The standard InChI is InChI=1S/C26H18N2O3/c1-17-14-23-20(12-13-24(29)31-23)16-21(17)28-22(15-18-8-4-2-5-9-18)26(30)27-25(28)19-10-6-3-7-11-19/h2-16H,1H3/b22-15+. The van der Waals surface area contributed by atoms with Crippen molar-refractivity contribution in [2.24, 2.45) is 4.99 Å². The molecule has 0 spiro atoms.